The SMILES string of the molecule is CO[C@@H]1CCC[C@@]12CCCN(C(=O)Cn1c(C)cc(C)nc1=O)C2. The van der Waals surface area contributed by atoms with Gasteiger partial charge in [0.25, 0.3) is 0 Å². The van der Waals surface area contributed by atoms with Crippen molar-refractivity contribution in [3.8, 4) is 0 Å². The number of hydrogen-bond acceptors (Lipinski definition) is 4. The average Bonchev–Trinajstić information content (AvgIpc) is 2.92. The number of aryl methyl sites for hydroxylation is 2. The molecule has 6 heteroatoms. The molecule has 3 rings (SSSR count). The third kappa shape index (κ3) is 3.11. The summed E-state index contributed by atoms with van der Waals surface area (Å²) in [6.07, 6.45) is 5.75. The van der Waals surface area contributed by atoms with E-state index in [9.17, 15) is 9.59 Å². The lowest BCUT2D eigenvalue weighted by molar-refractivity contribution is -0.138. The number of methoxy groups -OCH3 is 1. The highest BCUT2D eigenvalue weighted by molar-refractivity contribution is 5.76. The van der Waals surface area contributed by atoms with Crippen LogP contribution in [0.4, 0.5) is 0 Å². The van der Waals surface area contributed by atoms with Crippen molar-refractivity contribution in [2.24, 2.45) is 5.41 Å². The molecule has 1 spiro atoms. The van der Waals surface area contributed by atoms with Crippen LogP contribution in [0.25, 0.3) is 0 Å². The molecule has 2 heterocycles. The lowest BCUT2D eigenvalue weighted by Gasteiger charge is -2.43. The third-order valence-electron chi connectivity index (χ3n) is 5.71. The van der Waals surface area contributed by atoms with Crippen LogP contribution in [0.1, 0.15) is 43.5 Å². The molecule has 0 bridgehead atoms. The fraction of sp³-hybridized carbons (Fsp3) is 0.722. The molecule has 1 aromatic rings. The number of nitrogens with zero attached hydrogens (tertiary/aromatic N) is 3. The molecular weight excluding hydrogens is 306 g/mol. The first-order valence-electron chi connectivity index (χ1n) is 8.81. The number of carbonyl (C=O) groups excluding carboxylic acids is 1. The van der Waals surface area contributed by atoms with E-state index in [1.807, 2.05) is 17.9 Å². The fourth-order valence-corrected chi connectivity index (χ4v) is 4.52. The van der Waals surface area contributed by atoms with Crippen LogP contribution in [0.2, 0.25) is 0 Å². The molecule has 2 atom stereocenters. The third-order valence-corrected chi connectivity index (χ3v) is 5.71. The number of amides is 1. The van der Waals surface area contributed by atoms with Crippen LogP contribution >= 0.6 is 0 Å². The Hall–Kier alpha value is -1.69. The quantitative estimate of drug-likeness (QED) is 0.844. The minimum Gasteiger partial charge on any atom is -0.381 e. The van der Waals surface area contributed by atoms with Crippen LogP contribution in [-0.2, 0) is 16.1 Å². The lowest BCUT2D eigenvalue weighted by Crippen LogP contribution is -2.51. The van der Waals surface area contributed by atoms with Gasteiger partial charge < -0.3 is 9.64 Å². The van der Waals surface area contributed by atoms with E-state index in [2.05, 4.69) is 4.98 Å². The van der Waals surface area contributed by atoms with Crippen molar-refractivity contribution in [2.75, 3.05) is 20.2 Å². The molecule has 0 N–H and O–H groups in total. The van der Waals surface area contributed by atoms with Crippen molar-refractivity contribution < 1.29 is 9.53 Å². The monoisotopic (exact) mass is 333 g/mol. The lowest BCUT2D eigenvalue weighted by atomic mass is 9.76. The molecule has 1 aromatic heterocycles. The van der Waals surface area contributed by atoms with Gasteiger partial charge in [0.15, 0.2) is 0 Å². The minimum absolute atomic E-state index is 0.00619. The Bertz CT molecular complexity index is 685. The summed E-state index contributed by atoms with van der Waals surface area (Å²) in [7, 11) is 1.78. The fourth-order valence-electron chi connectivity index (χ4n) is 4.52. The van der Waals surface area contributed by atoms with E-state index in [1.165, 1.54) is 11.0 Å². The van der Waals surface area contributed by atoms with Gasteiger partial charge in [-0.05, 0) is 45.6 Å². The van der Waals surface area contributed by atoms with Gasteiger partial charge in [-0.25, -0.2) is 4.79 Å². The Morgan fingerprint density at radius 3 is 2.83 bits per heavy atom. The van der Waals surface area contributed by atoms with Crippen LogP contribution in [0.15, 0.2) is 10.9 Å². The van der Waals surface area contributed by atoms with Crippen LogP contribution in [-0.4, -0.2) is 46.7 Å². The van der Waals surface area contributed by atoms with Gasteiger partial charge in [0.05, 0.1) is 6.10 Å². The van der Waals surface area contributed by atoms with Gasteiger partial charge in [-0.3, -0.25) is 9.36 Å². The van der Waals surface area contributed by atoms with Gasteiger partial charge in [0.2, 0.25) is 5.91 Å². The number of hydrogen-bond donors (Lipinski definition) is 0. The first-order valence-corrected chi connectivity index (χ1v) is 8.81. The largest absolute Gasteiger partial charge is 0.381 e. The summed E-state index contributed by atoms with van der Waals surface area (Å²) in [6, 6.07) is 1.84. The van der Waals surface area contributed by atoms with Crippen molar-refractivity contribution in [3.05, 3.63) is 27.9 Å². The standard InChI is InChI=1S/C18H27N3O3/c1-13-10-14(2)21(17(23)19-13)11-16(22)20-9-5-8-18(12-20)7-4-6-15(18)24-3/h10,15H,4-9,11-12H2,1-3H3/t15-,18+/m1/s1. The molecule has 2 aliphatic rings. The van der Waals surface area contributed by atoms with Crippen LogP contribution < -0.4 is 5.69 Å². The topological polar surface area (TPSA) is 64.4 Å². The van der Waals surface area contributed by atoms with Gasteiger partial charge in [0.1, 0.15) is 6.54 Å². The van der Waals surface area contributed by atoms with Crippen molar-refractivity contribution in [3.63, 3.8) is 0 Å². The maximum Gasteiger partial charge on any atom is 0.348 e. The molecule has 24 heavy (non-hydrogen) atoms. The van der Waals surface area contributed by atoms with E-state index < -0.39 is 0 Å². The Morgan fingerprint density at radius 1 is 1.38 bits per heavy atom. The van der Waals surface area contributed by atoms with E-state index in [-0.39, 0.29) is 29.7 Å². The molecule has 1 aliphatic heterocycles. The Morgan fingerprint density at radius 2 is 2.12 bits per heavy atom. The van der Waals surface area contributed by atoms with E-state index in [0.717, 1.165) is 44.5 Å². The van der Waals surface area contributed by atoms with Crippen molar-refractivity contribution in [2.45, 2.75) is 58.6 Å². The Balaban J connectivity index is 1.75. The molecule has 132 valence electrons. The second kappa shape index (κ2) is 6.67. The molecular formula is C18H27N3O3. The molecule has 6 nitrogen and oxygen atoms in total. The van der Waals surface area contributed by atoms with Gasteiger partial charge in [-0.15, -0.1) is 0 Å². The smallest absolute Gasteiger partial charge is 0.348 e. The van der Waals surface area contributed by atoms with Crippen LogP contribution in [0.5, 0.6) is 0 Å². The Labute approximate surface area is 142 Å². The van der Waals surface area contributed by atoms with Crippen molar-refractivity contribution >= 4 is 5.91 Å². The van der Waals surface area contributed by atoms with Crippen molar-refractivity contribution in [1.82, 2.24) is 14.5 Å². The van der Waals surface area contributed by atoms with E-state index >= 15 is 0 Å². The molecule has 2 fully saturated rings. The van der Waals surface area contributed by atoms with Crippen molar-refractivity contribution in [1.29, 1.82) is 0 Å². The number of likely N-dealkylation sites (tertiary alicyclic amines) is 1. The van der Waals surface area contributed by atoms with Gasteiger partial charge in [0, 0.05) is 37.0 Å². The van der Waals surface area contributed by atoms with Gasteiger partial charge in [-0.2, -0.15) is 4.98 Å². The zero-order valence-corrected chi connectivity index (χ0v) is 14.9. The number of ether oxygens (including phenoxy) is 1. The number of aromatic nitrogens is 2. The molecule has 1 amide bonds. The predicted molar refractivity (Wildman–Crippen MR) is 90.9 cm³/mol. The zero-order chi connectivity index (χ0) is 17.3. The first-order chi connectivity index (χ1) is 11.4. The second-order valence-corrected chi connectivity index (χ2v) is 7.31. The number of carbonyl (C=O) groups is 1. The Kier molecular flexibility index (Phi) is 4.76. The molecule has 1 saturated heterocycles. The minimum atomic E-state index is -0.344. The summed E-state index contributed by atoms with van der Waals surface area (Å²) in [6.45, 7) is 5.23. The second-order valence-electron chi connectivity index (χ2n) is 7.31. The normalized spacial score (nSPS) is 27.0. The molecule has 1 aliphatic carbocycles. The first kappa shape index (κ1) is 17.1. The van der Waals surface area contributed by atoms with E-state index in [4.69, 9.17) is 4.74 Å². The van der Waals surface area contributed by atoms with E-state index in [0.29, 0.717) is 5.69 Å². The number of piperidine rings is 1. The summed E-state index contributed by atoms with van der Waals surface area (Å²) in [5, 5.41) is 0. The summed E-state index contributed by atoms with van der Waals surface area (Å²) in [5.74, 6) is 0.00619. The average molecular weight is 333 g/mol. The highest BCUT2D eigenvalue weighted by Crippen LogP contribution is 2.46. The summed E-state index contributed by atoms with van der Waals surface area (Å²) in [5.41, 5.74) is 1.23. The summed E-state index contributed by atoms with van der Waals surface area (Å²) < 4.78 is 7.17. The molecule has 0 aromatic carbocycles. The zero-order valence-electron chi connectivity index (χ0n) is 14.9. The maximum atomic E-state index is 12.8. The highest BCUT2D eigenvalue weighted by Gasteiger charge is 2.46. The highest BCUT2D eigenvalue weighted by atomic mass is 16.5. The molecule has 0 unspecified atom stereocenters. The predicted octanol–water partition coefficient (Wildman–Crippen LogP) is 1.67. The summed E-state index contributed by atoms with van der Waals surface area (Å²) >= 11 is 0. The van der Waals surface area contributed by atoms with Gasteiger partial charge in [-0.1, -0.05) is 6.42 Å². The molecule has 1 saturated carbocycles. The van der Waals surface area contributed by atoms with Crippen LogP contribution in [0, 0.1) is 19.3 Å². The number of rotatable bonds is 3. The molecule has 0 radical (unpaired) electrons. The van der Waals surface area contributed by atoms with Crippen LogP contribution in [0.3, 0.4) is 0 Å². The summed E-state index contributed by atoms with van der Waals surface area (Å²) in [4.78, 5) is 30.7. The maximum absolute atomic E-state index is 12.8. The van der Waals surface area contributed by atoms with E-state index in [1.54, 1.807) is 14.0 Å². The van der Waals surface area contributed by atoms with Gasteiger partial charge >= 0.3 is 5.69 Å².